The Kier molecular flexibility index (Phi) is 4.89. The third-order valence-corrected chi connectivity index (χ3v) is 3.18. The molecule has 2 rings (SSSR count). The van der Waals surface area contributed by atoms with Crippen molar-refractivity contribution in [3.8, 4) is 0 Å². The van der Waals surface area contributed by atoms with E-state index in [0.29, 0.717) is 5.56 Å². The molecule has 1 fully saturated rings. The Hall–Kier alpha value is -1.91. The maximum absolute atomic E-state index is 11.9. The summed E-state index contributed by atoms with van der Waals surface area (Å²) < 4.78 is 5.01. The first-order chi connectivity index (χ1) is 9.27. The molecule has 5 heteroatoms. The first kappa shape index (κ1) is 13.5. The monoisotopic (exact) mass is 262 g/mol. The van der Waals surface area contributed by atoms with Crippen molar-refractivity contribution >= 4 is 11.9 Å². The smallest absolute Gasteiger partial charge is 0.340 e. The number of esters is 1. The summed E-state index contributed by atoms with van der Waals surface area (Å²) in [7, 11) is 0. The molecule has 1 amide bonds. The molecular formula is C14H18N2O3. The lowest BCUT2D eigenvalue weighted by molar-refractivity contribution is -0.134. The Morgan fingerprint density at radius 3 is 2.58 bits per heavy atom. The van der Waals surface area contributed by atoms with Crippen molar-refractivity contribution in [3.05, 3.63) is 30.1 Å². The molecule has 1 aromatic heterocycles. The second-order valence-electron chi connectivity index (χ2n) is 4.61. The number of aromatic nitrogens is 1. The molecule has 0 spiro atoms. The fourth-order valence-electron chi connectivity index (χ4n) is 2.11. The Bertz CT molecular complexity index is 426. The van der Waals surface area contributed by atoms with Gasteiger partial charge in [0, 0.05) is 25.5 Å². The van der Waals surface area contributed by atoms with Gasteiger partial charge in [0.15, 0.2) is 6.61 Å². The zero-order valence-corrected chi connectivity index (χ0v) is 10.9. The minimum absolute atomic E-state index is 0.112. The van der Waals surface area contributed by atoms with E-state index in [-0.39, 0.29) is 12.5 Å². The van der Waals surface area contributed by atoms with Gasteiger partial charge >= 0.3 is 5.97 Å². The minimum atomic E-state index is -0.503. The number of hydrogen-bond donors (Lipinski definition) is 0. The third-order valence-electron chi connectivity index (χ3n) is 3.18. The lowest BCUT2D eigenvalue weighted by Crippen LogP contribution is -2.35. The maximum atomic E-state index is 11.9. The van der Waals surface area contributed by atoms with Crippen molar-refractivity contribution < 1.29 is 14.3 Å². The molecular weight excluding hydrogens is 244 g/mol. The topological polar surface area (TPSA) is 59.5 Å². The summed E-state index contributed by atoms with van der Waals surface area (Å²) in [6, 6.07) is 3.28. The van der Waals surface area contributed by atoms with Crippen LogP contribution in [0.1, 0.15) is 36.0 Å². The number of ether oxygens (including phenoxy) is 1. The average molecular weight is 262 g/mol. The van der Waals surface area contributed by atoms with E-state index in [9.17, 15) is 9.59 Å². The van der Waals surface area contributed by atoms with Crippen LogP contribution in [0.25, 0.3) is 0 Å². The first-order valence-corrected chi connectivity index (χ1v) is 6.62. The largest absolute Gasteiger partial charge is 0.452 e. The van der Waals surface area contributed by atoms with Crippen LogP contribution < -0.4 is 0 Å². The van der Waals surface area contributed by atoms with Crippen LogP contribution in [0, 0.1) is 0 Å². The lowest BCUT2D eigenvalue weighted by atomic mass is 10.2. The van der Waals surface area contributed by atoms with E-state index in [1.807, 2.05) is 0 Å². The van der Waals surface area contributed by atoms with Gasteiger partial charge in [0.1, 0.15) is 0 Å². The molecule has 0 aromatic carbocycles. The molecule has 0 unspecified atom stereocenters. The van der Waals surface area contributed by atoms with Gasteiger partial charge in [-0.05, 0) is 25.0 Å². The molecule has 1 aliphatic heterocycles. The lowest BCUT2D eigenvalue weighted by Gasteiger charge is -2.19. The molecule has 5 nitrogen and oxygen atoms in total. The number of hydrogen-bond acceptors (Lipinski definition) is 4. The molecule has 0 saturated carbocycles. The number of carbonyl (C=O) groups excluding carboxylic acids is 2. The molecule has 2 heterocycles. The van der Waals surface area contributed by atoms with E-state index in [0.717, 1.165) is 25.9 Å². The van der Waals surface area contributed by atoms with Crippen LogP contribution in [0.15, 0.2) is 24.5 Å². The molecule has 19 heavy (non-hydrogen) atoms. The highest BCUT2D eigenvalue weighted by molar-refractivity contribution is 5.90. The highest BCUT2D eigenvalue weighted by atomic mass is 16.5. The quantitative estimate of drug-likeness (QED) is 0.777. The van der Waals surface area contributed by atoms with Gasteiger partial charge in [-0.3, -0.25) is 9.78 Å². The predicted octanol–water partition coefficient (Wildman–Crippen LogP) is 1.64. The molecule has 0 atom stereocenters. The van der Waals surface area contributed by atoms with Crippen molar-refractivity contribution in [3.63, 3.8) is 0 Å². The van der Waals surface area contributed by atoms with Crippen LogP contribution in [-0.4, -0.2) is 41.5 Å². The standard InChI is InChI=1S/C14H18N2O3/c17-13(16-8-3-1-2-4-9-16)11-19-14(18)12-6-5-7-15-10-12/h5-7,10H,1-4,8-9,11H2. The van der Waals surface area contributed by atoms with Crippen LogP contribution in [0.5, 0.6) is 0 Å². The van der Waals surface area contributed by atoms with E-state index in [1.54, 1.807) is 23.2 Å². The van der Waals surface area contributed by atoms with Crippen molar-refractivity contribution in [1.29, 1.82) is 0 Å². The van der Waals surface area contributed by atoms with Crippen LogP contribution in [0.2, 0.25) is 0 Å². The predicted molar refractivity (Wildman–Crippen MR) is 69.6 cm³/mol. The molecule has 1 aromatic rings. The van der Waals surface area contributed by atoms with Crippen LogP contribution in [0.4, 0.5) is 0 Å². The zero-order chi connectivity index (χ0) is 13.5. The van der Waals surface area contributed by atoms with Gasteiger partial charge in [0.05, 0.1) is 5.56 Å². The van der Waals surface area contributed by atoms with E-state index in [4.69, 9.17) is 4.74 Å². The number of likely N-dealkylation sites (tertiary alicyclic amines) is 1. The van der Waals surface area contributed by atoms with Gasteiger partial charge in [-0.25, -0.2) is 4.79 Å². The van der Waals surface area contributed by atoms with E-state index < -0.39 is 5.97 Å². The molecule has 0 radical (unpaired) electrons. The highest BCUT2D eigenvalue weighted by Crippen LogP contribution is 2.10. The van der Waals surface area contributed by atoms with Crippen molar-refractivity contribution in [1.82, 2.24) is 9.88 Å². The minimum Gasteiger partial charge on any atom is -0.452 e. The fraction of sp³-hybridized carbons (Fsp3) is 0.500. The Morgan fingerprint density at radius 1 is 1.21 bits per heavy atom. The van der Waals surface area contributed by atoms with Gasteiger partial charge in [-0.2, -0.15) is 0 Å². The highest BCUT2D eigenvalue weighted by Gasteiger charge is 2.17. The Morgan fingerprint density at radius 2 is 1.95 bits per heavy atom. The number of pyridine rings is 1. The van der Waals surface area contributed by atoms with E-state index in [1.165, 1.54) is 19.0 Å². The summed E-state index contributed by atoms with van der Waals surface area (Å²) in [5, 5.41) is 0. The van der Waals surface area contributed by atoms with Gasteiger partial charge in [-0.15, -0.1) is 0 Å². The first-order valence-electron chi connectivity index (χ1n) is 6.62. The summed E-state index contributed by atoms with van der Waals surface area (Å²) in [5.74, 6) is -0.615. The number of rotatable bonds is 3. The molecule has 1 aliphatic rings. The number of carbonyl (C=O) groups is 2. The van der Waals surface area contributed by atoms with Crippen LogP contribution in [0.3, 0.4) is 0 Å². The second kappa shape index (κ2) is 6.87. The van der Waals surface area contributed by atoms with Crippen molar-refractivity contribution in [2.45, 2.75) is 25.7 Å². The Labute approximate surface area is 112 Å². The summed E-state index contributed by atoms with van der Waals surface area (Å²) in [6.07, 6.45) is 7.40. The summed E-state index contributed by atoms with van der Waals surface area (Å²) in [6.45, 7) is 1.35. The van der Waals surface area contributed by atoms with Crippen molar-refractivity contribution in [2.24, 2.45) is 0 Å². The van der Waals surface area contributed by atoms with E-state index in [2.05, 4.69) is 4.98 Å². The van der Waals surface area contributed by atoms with Gasteiger partial charge in [0.25, 0.3) is 5.91 Å². The van der Waals surface area contributed by atoms with E-state index >= 15 is 0 Å². The fourth-order valence-corrected chi connectivity index (χ4v) is 2.11. The summed E-state index contributed by atoms with van der Waals surface area (Å²) >= 11 is 0. The molecule has 0 bridgehead atoms. The molecule has 0 aliphatic carbocycles. The van der Waals surface area contributed by atoms with Gasteiger partial charge in [0.2, 0.25) is 0 Å². The third kappa shape index (κ3) is 4.05. The number of amides is 1. The normalized spacial score (nSPS) is 15.7. The Balaban J connectivity index is 1.81. The second-order valence-corrected chi connectivity index (χ2v) is 4.61. The average Bonchev–Trinajstić information content (AvgIpc) is 2.74. The number of nitrogens with zero attached hydrogens (tertiary/aromatic N) is 2. The van der Waals surface area contributed by atoms with Gasteiger partial charge in [-0.1, -0.05) is 12.8 Å². The zero-order valence-electron chi connectivity index (χ0n) is 10.9. The van der Waals surface area contributed by atoms with Crippen LogP contribution in [-0.2, 0) is 9.53 Å². The maximum Gasteiger partial charge on any atom is 0.340 e. The summed E-state index contributed by atoms with van der Waals surface area (Å²) in [4.78, 5) is 29.2. The van der Waals surface area contributed by atoms with Crippen LogP contribution >= 0.6 is 0 Å². The van der Waals surface area contributed by atoms with Crippen molar-refractivity contribution in [2.75, 3.05) is 19.7 Å². The van der Waals surface area contributed by atoms with Gasteiger partial charge < -0.3 is 9.64 Å². The summed E-state index contributed by atoms with van der Waals surface area (Å²) in [5.41, 5.74) is 0.367. The molecule has 102 valence electrons. The SMILES string of the molecule is O=C(OCC(=O)N1CCCCCC1)c1cccnc1. The molecule has 0 N–H and O–H groups in total. The molecule has 1 saturated heterocycles.